The van der Waals surface area contributed by atoms with Crippen molar-refractivity contribution >= 4 is 64.1 Å². The number of amides is 6. The molecule has 0 spiro atoms. The van der Waals surface area contributed by atoms with Crippen LogP contribution in [0.25, 0.3) is 11.3 Å². The van der Waals surface area contributed by atoms with Gasteiger partial charge in [0.05, 0.1) is 58.5 Å². The molecule has 0 unspecified atom stereocenters. The lowest BCUT2D eigenvalue weighted by molar-refractivity contribution is -0.123. The van der Waals surface area contributed by atoms with Crippen molar-refractivity contribution in [3.8, 4) is 11.3 Å². The number of nitrogen functional groups attached to an aromatic ring is 1. The van der Waals surface area contributed by atoms with Crippen LogP contribution >= 0.6 is 0 Å². The smallest absolute Gasteiger partial charge is 0.255 e. The van der Waals surface area contributed by atoms with Gasteiger partial charge in [-0.1, -0.05) is 36.4 Å². The second-order valence-corrected chi connectivity index (χ2v) is 26.1. The van der Waals surface area contributed by atoms with E-state index in [1.807, 2.05) is 111 Å². The largest absolute Gasteiger partial charge is 0.398 e. The first kappa shape index (κ1) is 81.8. The average molecular weight is 1450 g/mol. The van der Waals surface area contributed by atoms with Crippen molar-refractivity contribution in [2.24, 2.45) is 0 Å². The van der Waals surface area contributed by atoms with Crippen LogP contribution < -0.4 is 43.0 Å². The van der Waals surface area contributed by atoms with Gasteiger partial charge in [0.15, 0.2) is 0 Å². The third-order valence-electron chi connectivity index (χ3n) is 17.8. The molecule has 568 valence electrons. The maximum Gasteiger partial charge on any atom is 0.255 e. The molecule has 4 aromatic carbocycles. The molecule has 105 heavy (non-hydrogen) atoms. The molecule has 0 radical (unpaired) electrons. The van der Waals surface area contributed by atoms with E-state index in [2.05, 4.69) is 71.8 Å². The topological polar surface area (TPSA) is 320 Å². The molecule has 6 amide bonds. The fourth-order valence-electron chi connectivity index (χ4n) is 11.5. The number of aromatic nitrogens is 3. The predicted octanol–water partition coefficient (Wildman–Crippen LogP) is 7.00. The molecule has 0 aliphatic carbocycles. The molecule has 8 rings (SSSR count). The molecule has 4 heterocycles. The summed E-state index contributed by atoms with van der Waals surface area (Å²) in [6.45, 7) is 21.8. The molecule has 0 atom stereocenters. The number of hydrogen-bond donors (Lipinski definition) is 8. The number of nitrogens with zero attached hydrogens (tertiary/aromatic N) is 7. The first-order valence-electron chi connectivity index (χ1n) is 37.0. The Morgan fingerprint density at radius 3 is 1.28 bits per heavy atom. The minimum atomic E-state index is -0.197. The van der Waals surface area contributed by atoms with Crippen molar-refractivity contribution in [3.63, 3.8) is 0 Å². The molecule has 6 aromatic rings. The summed E-state index contributed by atoms with van der Waals surface area (Å²) in [6, 6.07) is 32.3. The SMILES string of the molecule is Cc1ccc(NC(=O)c2ccc(CN3CCN(CCC(=O)NCCCOCCOCCOCCCNC(=O)CCCC(=O)NCCCOCCOCCOCCCNC(=O)CCN4CCN(Cc5ccc(C(=O)Nc6ccc(C)c(Nc7nccc(-c8cccnc8)n7)c6)cc5)CC4)CC3)cc2)cc1N. The van der Waals surface area contributed by atoms with Crippen LogP contribution in [-0.4, -0.2) is 241 Å². The lowest BCUT2D eigenvalue weighted by Gasteiger charge is -2.34. The number of anilines is 5. The highest BCUT2D eigenvalue weighted by Crippen LogP contribution is 2.26. The second kappa shape index (κ2) is 47.6. The van der Waals surface area contributed by atoms with Gasteiger partial charge in [-0.25, -0.2) is 9.97 Å². The molecule has 9 N–H and O–H groups in total. The van der Waals surface area contributed by atoms with Crippen molar-refractivity contribution in [3.05, 3.63) is 155 Å². The minimum Gasteiger partial charge on any atom is -0.398 e. The third kappa shape index (κ3) is 32.6. The molecule has 0 saturated carbocycles. The Morgan fingerprint density at radius 2 is 0.848 bits per heavy atom. The number of ether oxygens (including phenoxy) is 6. The van der Waals surface area contributed by atoms with Crippen LogP contribution in [0, 0.1) is 13.8 Å². The van der Waals surface area contributed by atoms with Gasteiger partial charge >= 0.3 is 0 Å². The summed E-state index contributed by atoms with van der Waals surface area (Å²) < 4.78 is 33.7. The van der Waals surface area contributed by atoms with E-state index in [-0.39, 0.29) is 48.3 Å². The number of benzene rings is 4. The van der Waals surface area contributed by atoms with Gasteiger partial charge in [0.25, 0.3) is 11.8 Å². The van der Waals surface area contributed by atoms with E-state index in [9.17, 15) is 28.8 Å². The Kier molecular flexibility index (Phi) is 37.0. The Balaban J connectivity index is 0.500. The van der Waals surface area contributed by atoms with Gasteiger partial charge in [0.2, 0.25) is 29.6 Å². The summed E-state index contributed by atoms with van der Waals surface area (Å²) in [7, 11) is 0. The van der Waals surface area contributed by atoms with Crippen molar-refractivity contribution in [2.45, 2.75) is 84.7 Å². The Morgan fingerprint density at radius 1 is 0.438 bits per heavy atom. The van der Waals surface area contributed by atoms with Gasteiger partial charge in [0, 0.05) is 215 Å². The van der Waals surface area contributed by atoms with Gasteiger partial charge in [-0.05, 0) is 135 Å². The summed E-state index contributed by atoms with van der Waals surface area (Å²) in [5.41, 5.74) is 15.8. The van der Waals surface area contributed by atoms with E-state index in [0.29, 0.717) is 185 Å². The average Bonchev–Trinajstić information content (AvgIpc) is 0.833. The zero-order chi connectivity index (χ0) is 73.9. The van der Waals surface area contributed by atoms with E-state index in [1.54, 1.807) is 24.7 Å². The van der Waals surface area contributed by atoms with Crippen LogP contribution in [0.1, 0.15) is 101 Å². The number of carbonyl (C=O) groups is 6. The second-order valence-electron chi connectivity index (χ2n) is 26.1. The van der Waals surface area contributed by atoms with Crippen LogP contribution in [-0.2, 0) is 60.7 Å². The summed E-state index contributed by atoms with van der Waals surface area (Å²) in [5.74, 6) is -0.0306. The van der Waals surface area contributed by atoms with Crippen LogP contribution in [0.2, 0.25) is 0 Å². The number of aryl methyl sites for hydroxylation is 2. The third-order valence-corrected chi connectivity index (χ3v) is 17.8. The van der Waals surface area contributed by atoms with Crippen LogP contribution in [0.3, 0.4) is 0 Å². The highest BCUT2D eigenvalue weighted by atomic mass is 16.5. The molecular weight excluding hydrogens is 1340 g/mol. The van der Waals surface area contributed by atoms with Crippen LogP contribution in [0.4, 0.5) is 28.7 Å². The maximum atomic E-state index is 13.3. The molecule has 0 bridgehead atoms. The van der Waals surface area contributed by atoms with E-state index in [1.165, 1.54) is 0 Å². The first-order chi connectivity index (χ1) is 51.3. The van der Waals surface area contributed by atoms with Gasteiger partial charge in [-0.15, -0.1) is 0 Å². The Hall–Kier alpha value is -8.87. The van der Waals surface area contributed by atoms with Gasteiger partial charge < -0.3 is 81.2 Å². The quantitative estimate of drug-likeness (QED) is 0.0141. The van der Waals surface area contributed by atoms with Gasteiger partial charge in [0.1, 0.15) is 0 Å². The number of piperazine rings is 2. The fraction of sp³-hybridized carbons (Fsp3) is 0.500. The maximum absolute atomic E-state index is 13.3. The molecule has 2 fully saturated rings. The molecule has 2 aliphatic rings. The van der Waals surface area contributed by atoms with Crippen molar-refractivity contribution < 1.29 is 57.2 Å². The van der Waals surface area contributed by atoms with Crippen molar-refractivity contribution in [1.29, 1.82) is 0 Å². The zero-order valence-corrected chi connectivity index (χ0v) is 61.3. The zero-order valence-electron chi connectivity index (χ0n) is 61.3. The Bertz CT molecular complexity index is 3560. The number of pyridine rings is 1. The van der Waals surface area contributed by atoms with E-state index in [0.717, 1.165) is 118 Å². The monoisotopic (exact) mass is 1450 g/mol. The number of carbonyl (C=O) groups excluding carboxylic acids is 6. The molecule has 2 aliphatic heterocycles. The standard InChI is InChI=1S/C78H109N15O12/c1-60-12-22-67(55-69(60)79)86-76(98)64-18-14-62(15-19-64)58-92-39-35-90(36-40-92)33-25-74(96)83-30-7-45-102-49-53-104-51-47-100-43-5-28-81-72(94)10-3-11-73(95)82-29-6-44-101-48-52-105-54-50-103-46-8-31-84-75(97)26-34-91-37-41-93(42-38-91)59-63-16-20-65(21-17-63)77(99)87-68-23-13-61(2)71(56-68)89-78-85-32-24-70(88-78)66-9-4-27-80-57-66/h4,9,12-24,27,32,55-57H,3,5-8,10-11,25-26,28-31,33-54,58-59,79H2,1-2H3,(H,81,94)(H,82,95)(H,83,96)(H,84,97)(H,86,98)(H,87,99)(H,85,88,89). The van der Waals surface area contributed by atoms with E-state index in [4.69, 9.17) is 34.2 Å². The molecule has 27 heteroatoms. The minimum absolute atomic E-state index is 0.0360. The van der Waals surface area contributed by atoms with Crippen molar-refractivity contribution in [2.75, 3.05) is 193 Å². The number of nitrogens with one attached hydrogen (secondary N) is 7. The fourth-order valence-corrected chi connectivity index (χ4v) is 11.5. The first-order valence-corrected chi connectivity index (χ1v) is 37.0. The molecule has 27 nitrogen and oxygen atoms in total. The van der Waals surface area contributed by atoms with Gasteiger partial charge in [-0.2, -0.15) is 0 Å². The number of rotatable bonds is 49. The summed E-state index contributed by atoms with van der Waals surface area (Å²) >= 11 is 0. The molecule has 2 aromatic heterocycles. The summed E-state index contributed by atoms with van der Waals surface area (Å²) in [4.78, 5) is 98.2. The Labute approximate surface area is 618 Å². The summed E-state index contributed by atoms with van der Waals surface area (Å²) in [5, 5.41) is 21.0. The van der Waals surface area contributed by atoms with E-state index < -0.39 is 0 Å². The molecular formula is C78H109N15O12. The normalized spacial score (nSPS) is 13.6. The molecule has 2 saturated heterocycles. The van der Waals surface area contributed by atoms with Crippen LogP contribution in [0.15, 0.2) is 122 Å². The highest BCUT2D eigenvalue weighted by molar-refractivity contribution is 6.05. The summed E-state index contributed by atoms with van der Waals surface area (Å²) in [6.07, 6.45) is 9.87. The van der Waals surface area contributed by atoms with Gasteiger partial charge in [-0.3, -0.25) is 43.6 Å². The van der Waals surface area contributed by atoms with Crippen molar-refractivity contribution in [1.82, 2.24) is 55.8 Å². The lowest BCUT2D eigenvalue weighted by Crippen LogP contribution is -2.46. The predicted molar refractivity (Wildman–Crippen MR) is 406 cm³/mol. The number of hydrogen-bond acceptors (Lipinski definition) is 21. The van der Waals surface area contributed by atoms with Crippen LogP contribution in [0.5, 0.6) is 0 Å². The van der Waals surface area contributed by atoms with E-state index >= 15 is 0 Å². The lowest BCUT2D eigenvalue weighted by atomic mass is 10.1. The highest BCUT2D eigenvalue weighted by Gasteiger charge is 2.21. The number of nitrogens with two attached hydrogens (primary N) is 1.